The molecule has 1 aromatic carbocycles. The number of hydrogen-bond donors (Lipinski definition) is 1. The number of rotatable bonds is 4. The molecule has 0 spiro atoms. The maximum Gasteiger partial charge on any atom is 0.226 e. The van der Waals surface area contributed by atoms with Crippen molar-refractivity contribution in [1.29, 1.82) is 0 Å². The lowest BCUT2D eigenvalue weighted by molar-refractivity contribution is -0.135. The zero-order valence-corrected chi connectivity index (χ0v) is 11.7. The molecule has 1 amide bonds. The van der Waals surface area contributed by atoms with Gasteiger partial charge in [-0.15, -0.1) is 0 Å². The predicted molar refractivity (Wildman–Crippen MR) is 77.7 cm³/mol. The molecule has 3 nitrogen and oxygen atoms in total. The number of benzene rings is 1. The highest BCUT2D eigenvalue weighted by molar-refractivity contribution is 5.79. The van der Waals surface area contributed by atoms with Crippen molar-refractivity contribution in [3.63, 3.8) is 0 Å². The topological polar surface area (TPSA) is 46.3 Å². The lowest BCUT2D eigenvalue weighted by Gasteiger charge is -2.31. The van der Waals surface area contributed by atoms with Crippen molar-refractivity contribution in [1.82, 2.24) is 4.90 Å². The Hall–Kier alpha value is -1.35. The van der Waals surface area contributed by atoms with Gasteiger partial charge in [0.05, 0.1) is 5.92 Å². The molecule has 0 saturated heterocycles. The van der Waals surface area contributed by atoms with Crippen LogP contribution >= 0.6 is 0 Å². The van der Waals surface area contributed by atoms with Gasteiger partial charge in [0, 0.05) is 19.6 Å². The lowest BCUT2D eigenvalue weighted by atomic mass is 9.84. The zero-order valence-electron chi connectivity index (χ0n) is 11.7. The van der Waals surface area contributed by atoms with E-state index in [9.17, 15) is 4.79 Å². The van der Waals surface area contributed by atoms with E-state index >= 15 is 0 Å². The van der Waals surface area contributed by atoms with Crippen molar-refractivity contribution in [3.8, 4) is 0 Å². The van der Waals surface area contributed by atoms with Crippen LogP contribution in [-0.2, 0) is 11.2 Å². The van der Waals surface area contributed by atoms with Crippen LogP contribution in [0.1, 0.15) is 31.2 Å². The van der Waals surface area contributed by atoms with E-state index in [-0.39, 0.29) is 17.9 Å². The minimum Gasteiger partial charge on any atom is -0.345 e. The third kappa shape index (κ3) is 3.80. The van der Waals surface area contributed by atoms with E-state index in [1.807, 2.05) is 30.1 Å². The molecule has 2 N–H and O–H groups in total. The van der Waals surface area contributed by atoms with Crippen LogP contribution in [0.15, 0.2) is 30.3 Å². The van der Waals surface area contributed by atoms with Gasteiger partial charge >= 0.3 is 0 Å². The molecular weight excluding hydrogens is 236 g/mol. The number of amides is 1. The number of nitrogens with zero attached hydrogens (tertiary/aromatic N) is 1. The Bertz CT molecular complexity index is 404. The second-order valence-electron chi connectivity index (χ2n) is 5.55. The van der Waals surface area contributed by atoms with Crippen molar-refractivity contribution in [2.75, 3.05) is 13.6 Å². The standard InChI is InChI=1S/C16H24N2O/c1-18(12-11-13-7-3-2-4-8-13)16(19)14-9-5-6-10-15(14)17/h2-4,7-8,14-15H,5-6,9-12,17H2,1H3. The summed E-state index contributed by atoms with van der Waals surface area (Å²) in [5.74, 6) is 0.262. The normalized spacial score (nSPS) is 23.1. The van der Waals surface area contributed by atoms with Crippen LogP contribution in [0.3, 0.4) is 0 Å². The molecule has 19 heavy (non-hydrogen) atoms. The van der Waals surface area contributed by atoms with Crippen LogP contribution in [0.2, 0.25) is 0 Å². The van der Waals surface area contributed by atoms with Gasteiger partial charge in [0.25, 0.3) is 0 Å². The van der Waals surface area contributed by atoms with Gasteiger partial charge in [0.1, 0.15) is 0 Å². The largest absolute Gasteiger partial charge is 0.345 e. The molecule has 1 saturated carbocycles. The van der Waals surface area contributed by atoms with Crippen LogP contribution < -0.4 is 5.73 Å². The fourth-order valence-corrected chi connectivity index (χ4v) is 2.80. The van der Waals surface area contributed by atoms with E-state index < -0.39 is 0 Å². The Morgan fingerprint density at radius 3 is 2.63 bits per heavy atom. The van der Waals surface area contributed by atoms with Crippen LogP contribution in [0.5, 0.6) is 0 Å². The number of carbonyl (C=O) groups is 1. The summed E-state index contributed by atoms with van der Waals surface area (Å²) in [5.41, 5.74) is 7.35. The van der Waals surface area contributed by atoms with Gasteiger partial charge in [0.15, 0.2) is 0 Å². The number of nitrogens with two attached hydrogens (primary N) is 1. The van der Waals surface area contributed by atoms with Crippen molar-refractivity contribution < 1.29 is 4.79 Å². The summed E-state index contributed by atoms with van der Waals surface area (Å²) < 4.78 is 0. The highest BCUT2D eigenvalue weighted by Gasteiger charge is 2.30. The monoisotopic (exact) mass is 260 g/mol. The summed E-state index contributed by atoms with van der Waals surface area (Å²) in [5, 5.41) is 0. The van der Waals surface area contributed by atoms with Gasteiger partial charge in [0.2, 0.25) is 5.91 Å². The molecule has 2 unspecified atom stereocenters. The second kappa shape index (κ2) is 6.71. The molecule has 0 bridgehead atoms. The molecule has 3 heteroatoms. The van der Waals surface area contributed by atoms with Gasteiger partial charge in [-0.3, -0.25) is 4.79 Å². The van der Waals surface area contributed by atoms with Gasteiger partial charge in [-0.2, -0.15) is 0 Å². The molecule has 1 aliphatic carbocycles. The SMILES string of the molecule is CN(CCc1ccccc1)C(=O)C1CCCCC1N. The lowest BCUT2D eigenvalue weighted by Crippen LogP contribution is -2.44. The average molecular weight is 260 g/mol. The molecular formula is C16H24N2O. The average Bonchev–Trinajstić information content (AvgIpc) is 2.45. The molecule has 0 radical (unpaired) electrons. The van der Waals surface area contributed by atoms with Crippen molar-refractivity contribution in [2.45, 2.75) is 38.1 Å². The summed E-state index contributed by atoms with van der Waals surface area (Å²) in [6.07, 6.45) is 5.15. The minimum absolute atomic E-state index is 0.0366. The first-order valence-electron chi connectivity index (χ1n) is 7.23. The molecule has 2 rings (SSSR count). The first-order valence-corrected chi connectivity index (χ1v) is 7.23. The summed E-state index contributed by atoms with van der Waals surface area (Å²) in [4.78, 5) is 14.2. The molecule has 0 aliphatic heterocycles. The molecule has 1 fully saturated rings. The van der Waals surface area contributed by atoms with E-state index in [0.717, 1.165) is 32.2 Å². The predicted octanol–water partition coefficient (Wildman–Crippen LogP) is 2.21. The summed E-state index contributed by atoms with van der Waals surface area (Å²) >= 11 is 0. The van der Waals surface area contributed by atoms with Crippen LogP contribution in [0.4, 0.5) is 0 Å². The van der Waals surface area contributed by atoms with Crippen LogP contribution in [0, 0.1) is 5.92 Å². The van der Waals surface area contributed by atoms with Gasteiger partial charge in [-0.05, 0) is 24.8 Å². The molecule has 0 aromatic heterocycles. The first kappa shape index (κ1) is 14.1. The molecule has 2 atom stereocenters. The highest BCUT2D eigenvalue weighted by atomic mass is 16.2. The van der Waals surface area contributed by atoms with Crippen LogP contribution in [0.25, 0.3) is 0 Å². The van der Waals surface area contributed by atoms with Crippen LogP contribution in [-0.4, -0.2) is 30.4 Å². The van der Waals surface area contributed by atoms with E-state index in [2.05, 4.69) is 12.1 Å². The summed E-state index contributed by atoms with van der Waals surface area (Å²) in [7, 11) is 1.90. The van der Waals surface area contributed by atoms with Crippen molar-refractivity contribution in [2.24, 2.45) is 11.7 Å². The molecule has 1 aromatic rings. The second-order valence-corrected chi connectivity index (χ2v) is 5.55. The Balaban J connectivity index is 1.85. The number of likely N-dealkylation sites (N-methyl/N-ethyl adjacent to an activating group) is 1. The van der Waals surface area contributed by atoms with Gasteiger partial charge in [-0.25, -0.2) is 0 Å². The van der Waals surface area contributed by atoms with Crippen molar-refractivity contribution >= 4 is 5.91 Å². The minimum atomic E-state index is 0.0366. The smallest absolute Gasteiger partial charge is 0.226 e. The third-order valence-corrected chi connectivity index (χ3v) is 4.09. The van der Waals surface area contributed by atoms with Gasteiger partial charge in [-0.1, -0.05) is 43.2 Å². The summed E-state index contributed by atoms with van der Waals surface area (Å²) in [6, 6.07) is 10.3. The number of carbonyl (C=O) groups excluding carboxylic acids is 1. The molecule has 0 heterocycles. The number of hydrogen-bond acceptors (Lipinski definition) is 2. The first-order chi connectivity index (χ1) is 9.18. The van der Waals surface area contributed by atoms with E-state index in [1.54, 1.807) is 0 Å². The summed E-state index contributed by atoms with van der Waals surface area (Å²) in [6.45, 7) is 0.770. The fraction of sp³-hybridized carbons (Fsp3) is 0.562. The molecule has 104 valence electrons. The Kier molecular flexibility index (Phi) is 4.97. The zero-order chi connectivity index (χ0) is 13.7. The maximum absolute atomic E-state index is 12.4. The molecule has 1 aliphatic rings. The Morgan fingerprint density at radius 2 is 1.95 bits per heavy atom. The highest BCUT2D eigenvalue weighted by Crippen LogP contribution is 2.24. The maximum atomic E-state index is 12.4. The third-order valence-electron chi connectivity index (χ3n) is 4.09. The van der Waals surface area contributed by atoms with E-state index in [1.165, 1.54) is 12.0 Å². The quantitative estimate of drug-likeness (QED) is 0.902. The fourth-order valence-electron chi connectivity index (χ4n) is 2.80. The Labute approximate surface area is 115 Å². The van der Waals surface area contributed by atoms with E-state index in [0.29, 0.717) is 0 Å². The van der Waals surface area contributed by atoms with E-state index in [4.69, 9.17) is 5.73 Å². The van der Waals surface area contributed by atoms with Gasteiger partial charge < -0.3 is 10.6 Å². The van der Waals surface area contributed by atoms with Crippen molar-refractivity contribution in [3.05, 3.63) is 35.9 Å². The Morgan fingerprint density at radius 1 is 1.26 bits per heavy atom.